The lowest BCUT2D eigenvalue weighted by Gasteiger charge is -2.24. The third-order valence-corrected chi connectivity index (χ3v) is 3.72. The second kappa shape index (κ2) is 8.14. The van der Waals surface area contributed by atoms with E-state index in [4.69, 9.17) is 10.5 Å². The molecule has 1 heterocycles. The summed E-state index contributed by atoms with van der Waals surface area (Å²) in [4.78, 5) is 2.32. The van der Waals surface area contributed by atoms with E-state index >= 15 is 0 Å². The van der Waals surface area contributed by atoms with Gasteiger partial charge >= 0.3 is 0 Å². The molecule has 1 saturated heterocycles. The molecule has 0 aliphatic carbocycles. The molecule has 3 nitrogen and oxygen atoms in total. The van der Waals surface area contributed by atoms with E-state index < -0.39 is 0 Å². The summed E-state index contributed by atoms with van der Waals surface area (Å²) in [6.07, 6.45) is 2.59. The van der Waals surface area contributed by atoms with E-state index in [1.807, 2.05) is 6.07 Å². The summed E-state index contributed by atoms with van der Waals surface area (Å²) in [7, 11) is 0. The van der Waals surface area contributed by atoms with Crippen molar-refractivity contribution in [1.82, 2.24) is 4.90 Å². The van der Waals surface area contributed by atoms with E-state index in [1.165, 1.54) is 12.1 Å². The lowest BCUT2D eigenvalue weighted by atomic mass is 10.1. The van der Waals surface area contributed by atoms with Crippen LogP contribution >= 0.6 is 0 Å². The minimum Gasteiger partial charge on any atom is -0.377 e. The fourth-order valence-electron chi connectivity index (χ4n) is 2.57. The zero-order chi connectivity index (χ0) is 15.1. The van der Waals surface area contributed by atoms with Crippen LogP contribution in [-0.4, -0.2) is 37.2 Å². The molecule has 1 aromatic carbocycles. The first kappa shape index (κ1) is 16.0. The fraction of sp³-hybridized carbons (Fsp3) is 0.529. The van der Waals surface area contributed by atoms with Crippen molar-refractivity contribution in [1.29, 1.82) is 0 Å². The smallest absolute Gasteiger partial charge is 0.124 e. The Bertz CT molecular complexity index is 515. The molecular weight excluding hydrogens is 267 g/mol. The first-order valence-electron chi connectivity index (χ1n) is 7.54. The minimum atomic E-state index is -0.262. The maximum atomic E-state index is 13.4. The normalized spacial score (nSPS) is 17.8. The molecule has 2 N–H and O–H groups in total. The molecule has 1 unspecified atom stereocenters. The van der Waals surface area contributed by atoms with Crippen molar-refractivity contribution in [3.8, 4) is 11.8 Å². The summed E-state index contributed by atoms with van der Waals surface area (Å²) in [5, 5.41) is 0. The van der Waals surface area contributed by atoms with Crippen LogP contribution < -0.4 is 5.73 Å². The number of benzene rings is 1. The van der Waals surface area contributed by atoms with Gasteiger partial charge in [-0.25, -0.2) is 4.39 Å². The van der Waals surface area contributed by atoms with E-state index in [1.54, 1.807) is 0 Å². The molecule has 0 amide bonds. The van der Waals surface area contributed by atoms with Crippen molar-refractivity contribution in [2.45, 2.75) is 32.4 Å². The van der Waals surface area contributed by atoms with Crippen LogP contribution in [0.2, 0.25) is 0 Å². The van der Waals surface area contributed by atoms with Gasteiger partial charge in [-0.2, -0.15) is 0 Å². The Kier molecular flexibility index (Phi) is 6.19. The molecule has 0 aromatic heterocycles. The lowest BCUT2D eigenvalue weighted by molar-refractivity contribution is 0.0724. The van der Waals surface area contributed by atoms with Crippen LogP contribution in [0.25, 0.3) is 0 Å². The molecule has 2 rings (SSSR count). The molecule has 0 saturated carbocycles. The van der Waals surface area contributed by atoms with Gasteiger partial charge in [-0.3, -0.25) is 4.90 Å². The zero-order valence-electron chi connectivity index (χ0n) is 12.6. The monoisotopic (exact) mass is 290 g/mol. The number of nitrogens with two attached hydrogens (primary N) is 1. The summed E-state index contributed by atoms with van der Waals surface area (Å²) in [5.74, 6) is 5.51. The number of likely N-dealkylation sites (N-methyl/N-ethyl adjacent to an activating group) is 1. The summed E-state index contributed by atoms with van der Waals surface area (Å²) in [6.45, 7) is 5.88. The topological polar surface area (TPSA) is 38.5 Å². The maximum absolute atomic E-state index is 13.4. The Morgan fingerprint density at radius 2 is 2.33 bits per heavy atom. The first-order valence-corrected chi connectivity index (χ1v) is 7.54. The Hall–Kier alpha value is -1.41. The molecule has 0 spiro atoms. The van der Waals surface area contributed by atoms with Gasteiger partial charge in [-0.15, -0.1) is 0 Å². The highest BCUT2D eigenvalue weighted by molar-refractivity contribution is 5.41. The lowest BCUT2D eigenvalue weighted by Crippen LogP contribution is -2.31. The molecule has 1 aromatic rings. The van der Waals surface area contributed by atoms with Crippen LogP contribution in [0.15, 0.2) is 18.2 Å². The van der Waals surface area contributed by atoms with Crippen molar-refractivity contribution in [2.75, 3.05) is 26.2 Å². The van der Waals surface area contributed by atoms with Crippen LogP contribution in [0.1, 0.15) is 30.9 Å². The number of ether oxygens (including phenoxy) is 1. The highest BCUT2D eigenvalue weighted by atomic mass is 19.1. The summed E-state index contributed by atoms with van der Waals surface area (Å²) in [5.41, 5.74) is 7.17. The Morgan fingerprint density at radius 3 is 3.00 bits per heavy atom. The quantitative estimate of drug-likeness (QED) is 0.844. The van der Waals surface area contributed by atoms with E-state index in [2.05, 4.69) is 23.7 Å². The molecule has 0 bridgehead atoms. The van der Waals surface area contributed by atoms with Crippen molar-refractivity contribution < 1.29 is 9.13 Å². The van der Waals surface area contributed by atoms with Gasteiger partial charge in [-0.1, -0.05) is 24.8 Å². The average molecular weight is 290 g/mol. The Balaban J connectivity index is 2.08. The van der Waals surface area contributed by atoms with E-state index in [9.17, 15) is 4.39 Å². The number of nitrogens with zero attached hydrogens (tertiary/aromatic N) is 1. The number of hydrogen-bond acceptors (Lipinski definition) is 3. The van der Waals surface area contributed by atoms with Gasteiger partial charge < -0.3 is 10.5 Å². The highest BCUT2D eigenvalue weighted by Gasteiger charge is 2.19. The number of hydrogen-bond donors (Lipinski definition) is 1. The molecule has 4 heteroatoms. The van der Waals surface area contributed by atoms with Crippen molar-refractivity contribution in [3.05, 3.63) is 35.1 Å². The van der Waals surface area contributed by atoms with Gasteiger partial charge in [0.2, 0.25) is 0 Å². The SMILES string of the molecule is CCN(Cc1ccc(F)cc1C#CCN)CC1CCCO1. The van der Waals surface area contributed by atoms with Gasteiger partial charge in [0, 0.05) is 25.3 Å². The predicted molar refractivity (Wildman–Crippen MR) is 82.3 cm³/mol. The Morgan fingerprint density at radius 1 is 1.48 bits per heavy atom. The second-order valence-corrected chi connectivity index (χ2v) is 5.27. The van der Waals surface area contributed by atoms with Crippen LogP contribution in [0, 0.1) is 17.7 Å². The van der Waals surface area contributed by atoms with Gasteiger partial charge in [0.15, 0.2) is 0 Å². The van der Waals surface area contributed by atoms with Crippen molar-refractivity contribution in [3.63, 3.8) is 0 Å². The van der Waals surface area contributed by atoms with E-state index in [0.29, 0.717) is 6.10 Å². The standard InChI is InChI=1S/C17H23FN2O/c1-2-20(13-17-6-4-10-21-17)12-15-7-8-16(18)11-14(15)5-3-9-19/h7-8,11,17H,2,4,6,9-10,12-13,19H2,1H3. The number of halogens is 1. The molecule has 21 heavy (non-hydrogen) atoms. The second-order valence-electron chi connectivity index (χ2n) is 5.27. The van der Waals surface area contributed by atoms with E-state index in [-0.39, 0.29) is 12.4 Å². The summed E-state index contributed by atoms with van der Waals surface area (Å²) in [6, 6.07) is 4.79. The van der Waals surface area contributed by atoms with Crippen LogP contribution in [0.3, 0.4) is 0 Å². The van der Waals surface area contributed by atoms with Crippen LogP contribution in [0.4, 0.5) is 4.39 Å². The summed E-state index contributed by atoms with van der Waals surface area (Å²) < 4.78 is 19.1. The van der Waals surface area contributed by atoms with Crippen LogP contribution in [0.5, 0.6) is 0 Å². The number of rotatable bonds is 5. The molecular formula is C17H23FN2O. The first-order chi connectivity index (χ1) is 10.2. The Labute approximate surface area is 126 Å². The molecule has 1 aliphatic rings. The summed E-state index contributed by atoms with van der Waals surface area (Å²) >= 11 is 0. The van der Waals surface area contributed by atoms with Gasteiger partial charge in [0.05, 0.1) is 12.6 Å². The van der Waals surface area contributed by atoms with Gasteiger partial charge in [0.25, 0.3) is 0 Å². The van der Waals surface area contributed by atoms with Crippen LogP contribution in [-0.2, 0) is 11.3 Å². The largest absolute Gasteiger partial charge is 0.377 e. The zero-order valence-corrected chi connectivity index (χ0v) is 12.6. The third kappa shape index (κ3) is 4.82. The van der Waals surface area contributed by atoms with E-state index in [0.717, 1.165) is 50.2 Å². The molecule has 114 valence electrons. The minimum absolute atomic E-state index is 0.262. The average Bonchev–Trinajstić information content (AvgIpc) is 2.99. The van der Waals surface area contributed by atoms with Gasteiger partial charge in [0.1, 0.15) is 5.82 Å². The van der Waals surface area contributed by atoms with Gasteiger partial charge in [-0.05, 0) is 37.1 Å². The predicted octanol–water partition coefficient (Wildman–Crippen LogP) is 2.14. The fourth-order valence-corrected chi connectivity index (χ4v) is 2.57. The molecule has 0 radical (unpaired) electrons. The molecule has 1 aliphatic heterocycles. The highest BCUT2D eigenvalue weighted by Crippen LogP contribution is 2.17. The van der Waals surface area contributed by atoms with Crippen molar-refractivity contribution >= 4 is 0 Å². The maximum Gasteiger partial charge on any atom is 0.124 e. The molecule has 1 atom stereocenters. The molecule has 1 fully saturated rings. The third-order valence-electron chi connectivity index (χ3n) is 3.72. The van der Waals surface area contributed by atoms with Crippen molar-refractivity contribution in [2.24, 2.45) is 5.73 Å².